The largest absolute Gasteiger partial charge is 0.392 e. The van der Waals surface area contributed by atoms with E-state index in [-0.39, 0.29) is 11.5 Å². The van der Waals surface area contributed by atoms with E-state index in [2.05, 4.69) is 67.7 Å². The van der Waals surface area contributed by atoms with Crippen LogP contribution in [0.5, 0.6) is 0 Å². The monoisotopic (exact) mass is 500 g/mol. The van der Waals surface area contributed by atoms with Crippen LogP contribution in [0, 0.1) is 11.3 Å². The summed E-state index contributed by atoms with van der Waals surface area (Å²) in [6.07, 6.45) is 10.9. The molecular formula is C29H65N5O. The van der Waals surface area contributed by atoms with Crippen molar-refractivity contribution in [2.75, 3.05) is 72.0 Å². The normalized spacial score (nSPS) is 14.1. The molecule has 0 saturated carbocycles. The van der Waals surface area contributed by atoms with Crippen LogP contribution in [0.25, 0.3) is 0 Å². The molecule has 0 rings (SSSR count). The first-order valence-electron chi connectivity index (χ1n) is 15.0. The molecule has 0 saturated heterocycles. The van der Waals surface area contributed by atoms with E-state index in [4.69, 9.17) is 0 Å². The Bertz CT molecular complexity index is 430. The zero-order chi connectivity index (χ0) is 26.2. The van der Waals surface area contributed by atoms with Crippen LogP contribution in [0.1, 0.15) is 99.3 Å². The number of rotatable bonds is 26. The maximum atomic E-state index is 10.7. The molecule has 0 aromatic rings. The summed E-state index contributed by atoms with van der Waals surface area (Å²) in [7, 11) is 0. The average molecular weight is 500 g/mol. The summed E-state index contributed by atoms with van der Waals surface area (Å²) >= 11 is 0. The summed E-state index contributed by atoms with van der Waals surface area (Å²) < 4.78 is 0. The second-order valence-electron chi connectivity index (χ2n) is 11.8. The number of aliphatic hydroxyl groups excluding tert-OH is 1. The highest BCUT2D eigenvalue weighted by Gasteiger charge is 2.17. The van der Waals surface area contributed by atoms with E-state index in [0.717, 1.165) is 84.8 Å². The van der Waals surface area contributed by atoms with Crippen LogP contribution in [0.4, 0.5) is 0 Å². The fraction of sp³-hybridized carbons (Fsp3) is 1.00. The second kappa shape index (κ2) is 24.1. The second-order valence-corrected chi connectivity index (χ2v) is 11.8. The molecule has 6 heteroatoms. The molecule has 0 spiro atoms. The van der Waals surface area contributed by atoms with Crippen LogP contribution in [0.15, 0.2) is 0 Å². The lowest BCUT2D eigenvalue weighted by atomic mass is 9.89. The average Bonchev–Trinajstić information content (AvgIpc) is 2.80. The Morgan fingerprint density at radius 2 is 1.20 bits per heavy atom. The van der Waals surface area contributed by atoms with Crippen molar-refractivity contribution in [3.63, 3.8) is 0 Å². The molecule has 0 aliphatic heterocycles. The summed E-state index contributed by atoms with van der Waals surface area (Å²) in [4.78, 5) is 2.50. The summed E-state index contributed by atoms with van der Waals surface area (Å²) in [6, 6.07) is 0. The molecule has 6 nitrogen and oxygen atoms in total. The first-order chi connectivity index (χ1) is 16.8. The smallest absolute Gasteiger partial charge is 0.0667 e. The molecule has 5 N–H and O–H groups in total. The number of nitrogens with zero attached hydrogens (tertiary/aromatic N) is 1. The lowest BCUT2D eigenvalue weighted by Gasteiger charge is -2.29. The van der Waals surface area contributed by atoms with Gasteiger partial charge in [0.25, 0.3) is 0 Å². The summed E-state index contributed by atoms with van der Waals surface area (Å²) in [6.45, 7) is 24.8. The van der Waals surface area contributed by atoms with Gasteiger partial charge < -0.3 is 26.4 Å². The number of hydrogen-bond donors (Lipinski definition) is 5. The van der Waals surface area contributed by atoms with Gasteiger partial charge in [0.15, 0.2) is 0 Å². The van der Waals surface area contributed by atoms with Crippen molar-refractivity contribution in [2.24, 2.45) is 11.3 Å². The Morgan fingerprint density at radius 1 is 0.657 bits per heavy atom. The molecular weight excluding hydrogens is 434 g/mol. The molecule has 0 aromatic heterocycles. The van der Waals surface area contributed by atoms with E-state index in [0.29, 0.717) is 5.92 Å². The SMILES string of the molecule is CCCCCCC(C)CN(CCNCCNCCNCCNCCCC)CC(O)CCC(C)(C)C. The van der Waals surface area contributed by atoms with E-state index < -0.39 is 0 Å². The lowest BCUT2D eigenvalue weighted by molar-refractivity contribution is 0.0871. The van der Waals surface area contributed by atoms with Crippen molar-refractivity contribution in [3.8, 4) is 0 Å². The molecule has 0 aromatic carbocycles. The van der Waals surface area contributed by atoms with Gasteiger partial charge in [0, 0.05) is 65.4 Å². The topological polar surface area (TPSA) is 71.6 Å². The van der Waals surface area contributed by atoms with Gasteiger partial charge in [-0.05, 0) is 43.6 Å². The third kappa shape index (κ3) is 26.6. The van der Waals surface area contributed by atoms with Crippen LogP contribution in [-0.2, 0) is 0 Å². The Kier molecular flexibility index (Phi) is 24.0. The molecule has 0 aliphatic rings. The molecule has 0 aliphatic carbocycles. The van der Waals surface area contributed by atoms with Gasteiger partial charge in [0.05, 0.1) is 6.10 Å². The van der Waals surface area contributed by atoms with Crippen molar-refractivity contribution in [2.45, 2.75) is 105 Å². The van der Waals surface area contributed by atoms with Crippen LogP contribution < -0.4 is 21.3 Å². The first kappa shape index (κ1) is 34.8. The summed E-state index contributed by atoms with van der Waals surface area (Å²) in [5.74, 6) is 0.692. The molecule has 0 bridgehead atoms. The van der Waals surface area contributed by atoms with Gasteiger partial charge >= 0.3 is 0 Å². The van der Waals surface area contributed by atoms with Gasteiger partial charge in [-0.15, -0.1) is 0 Å². The highest BCUT2D eigenvalue weighted by atomic mass is 16.3. The molecule has 2 unspecified atom stereocenters. The van der Waals surface area contributed by atoms with Crippen molar-refractivity contribution >= 4 is 0 Å². The molecule has 0 radical (unpaired) electrons. The van der Waals surface area contributed by atoms with E-state index in [9.17, 15) is 5.11 Å². The third-order valence-electron chi connectivity index (χ3n) is 6.56. The number of aliphatic hydroxyl groups is 1. The predicted octanol–water partition coefficient (Wildman–Crippen LogP) is 4.24. The minimum Gasteiger partial charge on any atom is -0.392 e. The van der Waals surface area contributed by atoms with Gasteiger partial charge in [-0.1, -0.05) is 73.6 Å². The van der Waals surface area contributed by atoms with Crippen molar-refractivity contribution in [1.29, 1.82) is 0 Å². The first-order valence-corrected chi connectivity index (χ1v) is 15.0. The molecule has 0 heterocycles. The van der Waals surface area contributed by atoms with Crippen molar-refractivity contribution < 1.29 is 5.11 Å². The molecule has 212 valence electrons. The lowest BCUT2D eigenvalue weighted by Crippen LogP contribution is -2.41. The third-order valence-corrected chi connectivity index (χ3v) is 6.56. The molecule has 2 atom stereocenters. The predicted molar refractivity (Wildman–Crippen MR) is 155 cm³/mol. The van der Waals surface area contributed by atoms with Crippen LogP contribution in [-0.4, -0.2) is 88.1 Å². The van der Waals surface area contributed by atoms with Crippen LogP contribution in [0.3, 0.4) is 0 Å². The van der Waals surface area contributed by atoms with Crippen LogP contribution in [0.2, 0.25) is 0 Å². The Hall–Kier alpha value is -0.240. The maximum absolute atomic E-state index is 10.7. The quantitative estimate of drug-likeness (QED) is 0.115. The van der Waals surface area contributed by atoms with Gasteiger partial charge in [-0.2, -0.15) is 0 Å². The number of hydrogen-bond acceptors (Lipinski definition) is 6. The maximum Gasteiger partial charge on any atom is 0.0667 e. The molecule has 0 fully saturated rings. The summed E-state index contributed by atoms with van der Waals surface area (Å²) in [5, 5.41) is 24.7. The Balaban J connectivity index is 4.03. The van der Waals surface area contributed by atoms with Gasteiger partial charge in [0.2, 0.25) is 0 Å². The van der Waals surface area contributed by atoms with Crippen molar-refractivity contribution in [1.82, 2.24) is 26.2 Å². The molecule has 0 amide bonds. The van der Waals surface area contributed by atoms with Gasteiger partial charge in [-0.25, -0.2) is 0 Å². The molecule has 35 heavy (non-hydrogen) atoms. The van der Waals surface area contributed by atoms with E-state index in [1.807, 2.05) is 0 Å². The van der Waals surface area contributed by atoms with E-state index >= 15 is 0 Å². The minimum absolute atomic E-state index is 0.225. The van der Waals surface area contributed by atoms with E-state index in [1.54, 1.807) is 0 Å². The Morgan fingerprint density at radius 3 is 1.74 bits per heavy atom. The highest BCUT2D eigenvalue weighted by Crippen LogP contribution is 2.22. The standard InChI is InChI=1S/C29H65N5O/c1-7-9-11-12-13-27(3)25-34(26-28(35)14-15-29(4,5)6)24-23-33-22-21-32-20-19-31-18-17-30-16-10-8-2/h27-28,30-33,35H,7-26H2,1-6H3. The number of nitrogens with one attached hydrogen (secondary N) is 4. The van der Waals surface area contributed by atoms with Gasteiger partial charge in [-0.3, -0.25) is 4.90 Å². The zero-order valence-electron chi connectivity index (χ0n) is 24.7. The zero-order valence-corrected chi connectivity index (χ0v) is 24.7. The highest BCUT2D eigenvalue weighted by molar-refractivity contribution is 4.72. The van der Waals surface area contributed by atoms with Gasteiger partial charge in [0.1, 0.15) is 0 Å². The Labute approximate surface area is 220 Å². The van der Waals surface area contributed by atoms with E-state index in [1.165, 1.54) is 44.9 Å². The van der Waals surface area contributed by atoms with Crippen molar-refractivity contribution in [3.05, 3.63) is 0 Å². The summed E-state index contributed by atoms with van der Waals surface area (Å²) in [5.41, 5.74) is 0.286. The number of unbranched alkanes of at least 4 members (excludes halogenated alkanes) is 4. The van der Waals surface area contributed by atoms with Crippen LogP contribution >= 0.6 is 0 Å². The minimum atomic E-state index is -0.225. The fourth-order valence-electron chi connectivity index (χ4n) is 4.27. The fourth-order valence-corrected chi connectivity index (χ4v) is 4.27.